The van der Waals surface area contributed by atoms with E-state index in [4.69, 9.17) is 4.74 Å². The predicted molar refractivity (Wildman–Crippen MR) is 136 cm³/mol. The maximum Gasteiger partial charge on any atom is 0.256 e. The average Bonchev–Trinajstić information content (AvgIpc) is 2.87. The molecule has 4 rings (SSSR count). The summed E-state index contributed by atoms with van der Waals surface area (Å²) in [6.07, 6.45) is 0. The van der Waals surface area contributed by atoms with Crippen molar-refractivity contribution in [3.8, 4) is 5.75 Å². The Morgan fingerprint density at radius 3 is 2.47 bits per heavy atom. The van der Waals surface area contributed by atoms with Gasteiger partial charge in [-0.2, -0.15) is 0 Å². The standard InChI is InChI=1S/C27H25N3O3S/c1-30(17-19-10-4-3-5-11-19)26(31)18-34-25-16-21(20-12-6-7-13-22(20)28-25)27(32)29-23-14-8-9-15-24(23)33-2/h3-16H,17-18H2,1-2H3,(H,29,32). The number of anilines is 1. The van der Waals surface area contributed by atoms with Crippen molar-refractivity contribution in [3.63, 3.8) is 0 Å². The molecule has 0 saturated carbocycles. The van der Waals surface area contributed by atoms with Crippen LogP contribution in [0.15, 0.2) is 90.0 Å². The van der Waals surface area contributed by atoms with Gasteiger partial charge in [0.1, 0.15) is 5.75 Å². The SMILES string of the molecule is COc1ccccc1NC(=O)c1cc(SCC(=O)N(C)Cc2ccccc2)nc2ccccc12. The lowest BCUT2D eigenvalue weighted by molar-refractivity contribution is -0.127. The van der Waals surface area contributed by atoms with Crippen LogP contribution < -0.4 is 10.1 Å². The van der Waals surface area contributed by atoms with Crippen molar-refractivity contribution in [3.05, 3.63) is 96.1 Å². The van der Waals surface area contributed by atoms with Crippen molar-refractivity contribution in [2.45, 2.75) is 11.6 Å². The number of nitrogens with one attached hydrogen (secondary N) is 1. The van der Waals surface area contributed by atoms with Gasteiger partial charge in [-0.15, -0.1) is 0 Å². The van der Waals surface area contributed by atoms with E-state index in [0.717, 1.165) is 10.9 Å². The average molecular weight is 472 g/mol. The van der Waals surface area contributed by atoms with Crippen LogP contribution in [0.1, 0.15) is 15.9 Å². The molecule has 34 heavy (non-hydrogen) atoms. The zero-order valence-electron chi connectivity index (χ0n) is 19.0. The number of thioether (sulfide) groups is 1. The van der Waals surface area contributed by atoms with Crippen LogP contribution in [0.3, 0.4) is 0 Å². The lowest BCUT2D eigenvalue weighted by atomic mass is 10.1. The van der Waals surface area contributed by atoms with Gasteiger partial charge in [0, 0.05) is 19.0 Å². The number of carbonyl (C=O) groups is 2. The van der Waals surface area contributed by atoms with E-state index in [0.29, 0.717) is 34.1 Å². The lowest BCUT2D eigenvalue weighted by Gasteiger charge is -2.17. The molecule has 172 valence electrons. The van der Waals surface area contributed by atoms with Crippen LogP contribution in [0.4, 0.5) is 5.69 Å². The third-order valence-electron chi connectivity index (χ3n) is 5.32. The number of pyridine rings is 1. The molecule has 0 atom stereocenters. The van der Waals surface area contributed by atoms with E-state index in [9.17, 15) is 9.59 Å². The van der Waals surface area contributed by atoms with E-state index >= 15 is 0 Å². The van der Waals surface area contributed by atoms with Crippen LogP contribution >= 0.6 is 11.8 Å². The zero-order valence-corrected chi connectivity index (χ0v) is 19.8. The molecule has 1 aromatic heterocycles. The molecule has 2 amide bonds. The number of amides is 2. The zero-order chi connectivity index (χ0) is 23.9. The number of hydrogen-bond donors (Lipinski definition) is 1. The number of nitrogens with zero attached hydrogens (tertiary/aromatic N) is 2. The highest BCUT2D eigenvalue weighted by Gasteiger charge is 2.17. The van der Waals surface area contributed by atoms with Gasteiger partial charge in [0.2, 0.25) is 5.91 Å². The van der Waals surface area contributed by atoms with Crippen molar-refractivity contribution in [2.24, 2.45) is 0 Å². The molecule has 0 aliphatic heterocycles. The maximum atomic E-state index is 13.2. The quantitative estimate of drug-likeness (QED) is 0.356. The minimum atomic E-state index is -0.266. The minimum absolute atomic E-state index is 0.0103. The van der Waals surface area contributed by atoms with Gasteiger partial charge >= 0.3 is 0 Å². The van der Waals surface area contributed by atoms with Gasteiger partial charge in [-0.05, 0) is 29.8 Å². The Morgan fingerprint density at radius 2 is 1.68 bits per heavy atom. The summed E-state index contributed by atoms with van der Waals surface area (Å²) in [4.78, 5) is 32.3. The van der Waals surface area contributed by atoms with Gasteiger partial charge in [-0.3, -0.25) is 9.59 Å². The van der Waals surface area contributed by atoms with Crippen molar-refractivity contribution in [1.29, 1.82) is 0 Å². The monoisotopic (exact) mass is 471 g/mol. The van der Waals surface area contributed by atoms with Gasteiger partial charge < -0.3 is 15.0 Å². The summed E-state index contributed by atoms with van der Waals surface area (Å²) in [5.74, 6) is 0.527. The summed E-state index contributed by atoms with van der Waals surface area (Å²) < 4.78 is 5.35. The first kappa shape index (κ1) is 23.3. The van der Waals surface area contributed by atoms with Crippen molar-refractivity contribution in [1.82, 2.24) is 9.88 Å². The highest BCUT2D eigenvalue weighted by Crippen LogP contribution is 2.28. The van der Waals surface area contributed by atoms with Crippen LogP contribution in [0, 0.1) is 0 Å². The molecule has 1 N–H and O–H groups in total. The molecule has 7 heteroatoms. The van der Waals surface area contributed by atoms with Crippen LogP contribution in [0.25, 0.3) is 10.9 Å². The van der Waals surface area contributed by atoms with Crippen LogP contribution in [-0.2, 0) is 11.3 Å². The highest BCUT2D eigenvalue weighted by molar-refractivity contribution is 7.99. The Hall–Kier alpha value is -3.84. The molecule has 0 saturated heterocycles. The molecule has 0 aliphatic rings. The lowest BCUT2D eigenvalue weighted by Crippen LogP contribution is -2.27. The number of benzene rings is 3. The van der Waals surface area contributed by atoms with E-state index in [1.54, 1.807) is 37.3 Å². The Bertz CT molecular complexity index is 1310. The van der Waals surface area contributed by atoms with E-state index in [1.807, 2.05) is 66.7 Å². The molecule has 0 radical (unpaired) electrons. The number of carbonyl (C=O) groups excluding carboxylic acids is 2. The van der Waals surface area contributed by atoms with Gasteiger partial charge in [-0.25, -0.2) is 4.98 Å². The third kappa shape index (κ3) is 5.55. The number of hydrogen-bond acceptors (Lipinski definition) is 5. The smallest absolute Gasteiger partial charge is 0.256 e. The summed E-state index contributed by atoms with van der Waals surface area (Å²) >= 11 is 1.32. The van der Waals surface area contributed by atoms with E-state index in [2.05, 4.69) is 10.3 Å². The topological polar surface area (TPSA) is 71.5 Å². The number of fused-ring (bicyclic) bond motifs is 1. The molecule has 4 aromatic rings. The number of para-hydroxylation sites is 3. The second-order valence-corrected chi connectivity index (χ2v) is 8.70. The van der Waals surface area contributed by atoms with E-state index < -0.39 is 0 Å². The Morgan fingerprint density at radius 1 is 0.971 bits per heavy atom. The molecule has 6 nitrogen and oxygen atoms in total. The summed E-state index contributed by atoms with van der Waals surface area (Å²) in [7, 11) is 3.35. The number of ether oxygens (including phenoxy) is 1. The van der Waals surface area contributed by atoms with Crippen LogP contribution in [-0.4, -0.2) is 41.6 Å². The fourth-order valence-corrected chi connectivity index (χ4v) is 4.40. The summed E-state index contributed by atoms with van der Waals surface area (Å²) in [5.41, 5.74) is 2.84. The summed E-state index contributed by atoms with van der Waals surface area (Å²) in [6, 6.07) is 26.3. The summed E-state index contributed by atoms with van der Waals surface area (Å²) in [5, 5.41) is 4.29. The van der Waals surface area contributed by atoms with Gasteiger partial charge in [0.25, 0.3) is 5.91 Å². The number of rotatable bonds is 8. The molecule has 0 fully saturated rings. The first-order valence-electron chi connectivity index (χ1n) is 10.8. The number of aromatic nitrogens is 1. The van der Waals surface area contributed by atoms with E-state index in [1.165, 1.54) is 11.8 Å². The number of methoxy groups -OCH3 is 1. The van der Waals surface area contributed by atoms with Crippen LogP contribution in [0.2, 0.25) is 0 Å². The van der Waals surface area contributed by atoms with Crippen molar-refractivity contribution < 1.29 is 14.3 Å². The predicted octanol–water partition coefficient (Wildman–Crippen LogP) is 5.25. The van der Waals surface area contributed by atoms with Gasteiger partial charge in [-0.1, -0.05) is 72.4 Å². The third-order valence-corrected chi connectivity index (χ3v) is 6.22. The second kappa shape index (κ2) is 10.9. The minimum Gasteiger partial charge on any atom is -0.495 e. The van der Waals surface area contributed by atoms with Gasteiger partial charge in [0.05, 0.1) is 34.7 Å². The normalized spacial score (nSPS) is 10.6. The Balaban J connectivity index is 1.52. The highest BCUT2D eigenvalue weighted by atomic mass is 32.2. The van der Waals surface area contributed by atoms with Crippen molar-refractivity contribution >= 4 is 40.2 Å². The molecule has 0 unspecified atom stereocenters. The largest absolute Gasteiger partial charge is 0.495 e. The molecule has 0 spiro atoms. The maximum absolute atomic E-state index is 13.2. The fourth-order valence-electron chi connectivity index (χ4n) is 3.54. The Labute approximate surface area is 203 Å². The molecular weight excluding hydrogens is 446 g/mol. The van der Waals surface area contributed by atoms with E-state index in [-0.39, 0.29) is 17.6 Å². The van der Waals surface area contributed by atoms with Crippen molar-refractivity contribution in [2.75, 3.05) is 25.2 Å². The molecule has 0 aliphatic carbocycles. The second-order valence-electron chi connectivity index (χ2n) is 7.70. The molecule has 3 aromatic carbocycles. The van der Waals surface area contributed by atoms with Crippen LogP contribution in [0.5, 0.6) is 5.75 Å². The van der Waals surface area contributed by atoms with Gasteiger partial charge in [0.15, 0.2) is 0 Å². The molecule has 1 heterocycles. The molecule has 0 bridgehead atoms. The molecular formula is C27H25N3O3S. The first-order valence-corrected chi connectivity index (χ1v) is 11.8. The fraction of sp³-hybridized carbons (Fsp3) is 0.148. The Kier molecular flexibility index (Phi) is 7.44. The first-order chi connectivity index (χ1) is 16.5. The summed E-state index contributed by atoms with van der Waals surface area (Å²) in [6.45, 7) is 0.540.